The summed E-state index contributed by atoms with van der Waals surface area (Å²) in [6.07, 6.45) is 2.87. The quantitative estimate of drug-likeness (QED) is 0.440. The van der Waals surface area contributed by atoms with Gasteiger partial charge in [0.05, 0.1) is 35.0 Å². The number of sulfonamides is 1. The summed E-state index contributed by atoms with van der Waals surface area (Å²) < 4.78 is 34.3. The molecule has 1 amide bonds. The van der Waals surface area contributed by atoms with E-state index in [1.165, 1.54) is 39.8 Å². The van der Waals surface area contributed by atoms with Crippen LogP contribution in [0.15, 0.2) is 70.9 Å². The predicted molar refractivity (Wildman–Crippen MR) is 123 cm³/mol. The van der Waals surface area contributed by atoms with Gasteiger partial charge in [0.25, 0.3) is 5.91 Å². The molecule has 1 saturated heterocycles. The summed E-state index contributed by atoms with van der Waals surface area (Å²) in [6, 6.07) is 12.5. The molecule has 1 aliphatic rings. The largest absolute Gasteiger partial charge is 0.379 e. The second kappa shape index (κ2) is 8.82. The van der Waals surface area contributed by atoms with E-state index < -0.39 is 21.5 Å². The zero-order chi connectivity index (χ0) is 23.7. The highest BCUT2D eigenvalue weighted by Crippen LogP contribution is 2.25. The predicted octanol–water partition coefficient (Wildman–Crippen LogP) is 1.38. The summed E-state index contributed by atoms with van der Waals surface area (Å²) in [7, 11) is -3.79. The molecule has 34 heavy (non-hydrogen) atoms. The van der Waals surface area contributed by atoms with Gasteiger partial charge >= 0.3 is 0 Å². The van der Waals surface area contributed by atoms with Crippen LogP contribution in [0, 0.1) is 0 Å². The number of carbonyl (C=O) groups is 1. The lowest BCUT2D eigenvalue weighted by molar-refractivity contribution is 0.0730. The first-order valence-electron chi connectivity index (χ1n) is 10.4. The molecule has 0 spiro atoms. The maximum atomic E-state index is 13.3. The summed E-state index contributed by atoms with van der Waals surface area (Å²) in [4.78, 5) is 32.1. The number of fused-ring (bicyclic) bond motifs is 1. The molecule has 0 saturated carbocycles. The smallest absolute Gasteiger partial charge is 0.256 e. The number of aromatic nitrogens is 4. The highest BCUT2D eigenvalue weighted by Gasteiger charge is 2.27. The SMILES string of the molecule is O=C(Nc1ccccc1-n1cncn1)c1cc(=O)[nH]c2ccc(S(=O)(=O)N3CCOCC3)cc12. The van der Waals surface area contributed by atoms with Gasteiger partial charge in [0.2, 0.25) is 15.6 Å². The van der Waals surface area contributed by atoms with E-state index in [1.54, 1.807) is 24.3 Å². The number of hydrogen-bond acceptors (Lipinski definition) is 7. The van der Waals surface area contributed by atoms with E-state index in [4.69, 9.17) is 4.74 Å². The van der Waals surface area contributed by atoms with Crippen molar-refractivity contribution < 1.29 is 17.9 Å². The molecule has 5 rings (SSSR count). The Kier molecular flexibility index (Phi) is 5.69. The van der Waals surface area contributed by atoms with Crippen molar-refractivity contribution in [2.24, 2.45) is 0 Å². The number of ether oxygens (including phenoxy) is 1. The van der Waals surface area contributed by atoms with Crippen molar-refractivity contribution in [3.05, 3.63) is 77.1 Å². The van der Waals surface area contributed by atoms with E-state index in [0.29, 0.717) is 35.5 Å². The molecule has 2 aromatic heterocycles. The zero-order valence-electron chi connectivity index (χ0n) is 17.8. The second-order valence-corrected chi connectivity index (χ2v) is 9.52. The number of hydrogen-bond donors (Lipinski definition) is 2. The van der Waals surface area contributed by atoms with Crippen LogP contribution < -0.4 is 10.9 Å². The maximum absolute atomic E-state index is 13.3. The lowest BCUT2D eigenvalue weighted by Crippen LogP contribution is -2.40. The lowest BCUT2D eigenvalue weighted by atomic mass is 10.1. The van der Waals surface area contributed by atoms with Crippen LogP contribution in [0.3, 0.4) is 0 Å². The maximum Gasteiger partial charge on any atom is 0.256 e. The highest BCUT2D eigenvalue weighted by molar-refractivity contribution is 7.89. The Hall–Kier alpha value is -3.87. The number of H-pyrrole nitrogens is 1. The number of para-hydroxylation sites is 2. The van der Waals surface area contributed by atoms with Crippen LogP contribution in [-0.4, -0.2) is 64.7 Å². The number of rotatable bonds is 5. The number of anilines is 1. The minimum absolute atomic E-state index is 0.0333. The number of aromatic amines is 1. The van der Waals surface area contributed by atoms with Crippen molar-refractivity contribution in [3.63, 3.8) is 0 Å². The van der Waals surface area contributed by atoms with Gasteiger partial charge in [-0.15, -0.1) is 0 Å². The fourth-order valence-corrected chi connectivity index (χ4v) is 5.25. The summed E-state index contributed by atoms with van der Waals surface area (Å²) in [6.45, 7) is 1.13. The number of amides is 1. The van der Waals surface area contributed by atoms with E-state index >= 15 is 0 Å². The minimum atomic E-state index is -3.79. The minimum Gasteiger partial charge on any atom is -0.379 e. The Bertz CT molecular complexity index is 1530. The molecular weight excluding hydrogens is 460 g/mol. The van der Waals surface area contributed by atoms with Gasteiger partial charge in [-0.2, -0.15) is 9.40 Å². The Balaban J connectivity index is 1.55. The average molecular weight is 481 g/mol. The Morgan fingerprint density at radius 2 is 1.88 bits per heavy atom. The van der Waals surface area contributed by atoms with Gasteiger partial charge in [0.15, 0.2) is 0 Å². The Morgan fingerprint density at radius 1 is 1.09 bits per heavy atom. The first-order valence-corrected chi connectivity index (χ1v) is 11.9. The summed E-state index contributed by atoms with van der Waals surface area (Å²) in [5, 5.41) is 7.20. The Morgan fingerprint density at radius 3 is 2.65 bits per heavy atom. The molecule has 1 fully saturated rings. The van der Waals surface area contributed by atoms with Crippen LogP contribution in [0.5, 0.6) is 0 Å². The molecule has 2 aromatic carbocycles. The standard InChI is InChI=1S/C22H20N6O5S/c29-21-12-17(22(30)26-19-3-1-2-4-20(19)28-14-23-13-24-28)16-11-15(5-6-18(16)25-21)34(31,32)27-7-9-33-10-8-27/h1-6,11-14H,7-10H2,(H,25,29)(H,26,30). The van der Waals surface area contributed by atoms with Gasteiger partial charge in [-0.05, 0) is 30.3 Å². The van der Waals surface area contributed by atoms with Crippen LogP contribution in [0.4, 0.5) is 5.69 Å². The third-order valence-corrected chi connectivity index (χ3v) is 7.38. The van der Waals surface area contributed by atoms with Gasteiger partial charge in [0, 0.05) is 30.1 Å². The van der Waals surface area contributed by atoms with Gasteiger partial charge in [-0.25, -0.2) is 18.1 Å². The molecule has 0 unspecified atom stereocenters. The molecule has 2 N–H and O–H groups in total. The van der Waals surface area contributed by atoms with Gasteiger partial charge in [0.1, 0.15) is 12.7 Å². The third kappa shape index (κ3) is 4.09. The van der Waals surface area contributed by atoms with Crippen LogP contribution in [0.25, 0.3) is 16.6 Å². The van der Waals surface area contributed by atoms with E-state index in [1.807, 2.05) is 0 Å². The molecular formula is C22H20N6O5S. The van der Waals surface area contributed by atoms with Crippen molar-refractivity contribution in [2.45, 2.75) is 4.90 Å². The summed E-state index contributed by atoms with van der Waals surface area (Å²) >= 11 is 0. The molecule has 3 heterocycles. The van der Waals surface area contributed by atoms with Crippen LogP contribution in [0.1, 0.15) is 10.4 Å². The van der Waals surface area contributed by atoms with Crippen molar-refractivity contribution >= 4 is 32.5 Å². The lowest BCUT2D eigenvalue weighted by Gasteiger charge is -2.26. The monoisotopic (exact) mass is 480 g/mol. The van der Waals surface area contributed by atoms with Crippen LogP contribution in [0.2, 0.25) is 0 Å². The molecule has 0 bridgehead atoms. The van der Waals surface area contributed by atoms with E-state index in [-0.39, 0.29) is 23.5 Å². The van der Waals surface area contributed by atoms with Crippen molar-refractivity contribution in [3.8, 4) is 5.69 Å². The highest BCUT2D eigenvalue weighted by atomic mass is 32.2. The molecule has 0 radical (unpaired) electrons. The molecule has 12 heteroatoms. The normalized spacial score (nSPS) is 14.8. The Labute approximate surface area is 194 Å². The number of benzene rings is 2. The summed E-state index contributed by atoms with van der Waals surface area (Å²) in [5.74, 6) is -0.565. The van der Waals surface area contributed by atoms with E-state index in [0.717, 1.165) is 6.07 Å². The van der Waals surface area contributed by atoms with Crippen molar-refractivity contribution in [1.82, 2.24) is 24.1 Å². The van der Waals surface area contributed by atoms with Gasteiger partial charge in [-0.1, -0.05) is 12.1 Å². The third-order valence-electron chi connectivity index (χ3n) is 5.48. The van der Waals surface area contributed by atoms with Gasteiger partial charge < -0.3 is 15.0 Å². The average Bonchev–Trinajstić information content (AvgIpc) is 3.39. The first kappa shape index (κ1) is 21.9. The number of morpholine rings is 1. The fourth-order valence-electron chi connectivity index (χ4n) is 3.82. The van der Waals surface area contributed by atoms with Crippen molar-refractivity contribution in [2.75, 3.05) is 31.6 Å². The summed E-state index contributed by atoms with van der Waals surface area (Å²) in [5.41, 5.74) is 0.946. The van der Waals surface area contributed by atoms with Crippen LogP contribution >= 0.6 is 0 Å². The number of nitrogens with one attached hydrogen (secondary N) is 2. The van der Waals surface area contributed by atoms with Crippen molar-refractivity contribution in [1.29, 1.82) is 0 Å². The molecule has 11 nitrogen and oxygen atoms in total. The van der Waals surface area contributed by atoms with E-state index in [9.17, 15) is 18.0 Å². The first-order chi connectivity index (χ1) is 16.4. The fraction of sp³-hybridized carbons (Fsp3) is 0.182. The molecule has 1 aliphatic heterocycles. The number of pyridine rings is 1. The second-order valence-electron chi connectivity index (χ2n) is 7.58. The van der Waals surface area contributed by atoms with Gasteiger partial charge in [-0.3, -0.25) is 9.59 Å². The number of carbonyl (C=O) groups excluding carboxylic acids is 1. The van der Waals surface area contributed by atoms with E-state index in [2.05, 4.69) is 20.4 Å². The number of nitrogens with zero attached hydrogens (tertiary/aromatic N) is 4. The molecule has 0 atom stereocenters. The molecule has 0 aliphatic carbocycles. The zero-order valence-corrected chi connectivity index (χ0v) is 18.7. The molecule has 4 aromatic rings. The van der Waals surface area contributed by atoms with Crippen LogP contribution in [-0.2, 0) is 14.8 Å². The molecule has 174 valence electrons. The topological polar surface area (TPSA) is 139 Å².